The number of methoxy groups -OCH3 is 2. The Kier molecular flexibility index (Phi) is 9.01. The molecule has 4 aromatic rings. The van der Waals surface area contributed by atoms with Crippen molar-refractivity contribution in [2.45, 2.75) is 38.0 Å². The summed E-state index contributed by atoms with van der Waals surface area (Å²) >= 11 is 1.48. The number of aromatic nitrogens is 1. The molecule has 2 atom stereocenters. The van der Waals surface area contributed by atoms with Gasteiger partial charge in [-0.3, -0.25) is 14.4 Å². The molecule has 1 saturated heterocycles. The Morgan fingerprint density at radius 1 is 1.00 bits per heavy atom. The molecule has 0 radical (unpaired) electrons. The third-order valence-corrected chi connectivity index (χ3v) is 8.80. The Bertz CT molecular complexity index is 1720. The van der Waals surface area contributed by atoms with E-state index in [0.29, 0.717) is 54.5 Å². The molecule has 0 saturated carbocycles. The summed E-state index contributed by atoms with van der Waals surface area (Å²) in [6.07, 6.45) is 0.798. The number of carbonyl (C=O) groups excluding carboxylic acids is 3. The van der Waals surface area contributed by atoms with Crippen LogP contribution in [0, 0.1) is 0 Å². The van der Waals surface area contributed by atoms with Gasteiger partial charge in [0.05, 0.1) is 36.0 Å². The molecule has 7 rings (SSSR count). The number of nitrogens with zero attached hydrogens (tertiary/aromatic N) is 2. The largest absolute Gasteiger partial charge is 0.496 e. The van der Waals surface area contributed by atoms with Gasteiger partial charge in [-0.25, -0.2) is 4.98 Å². The molecule has 2 N–H and O–H groups in total. The normalized spacial score (nSPS) is 19.1. The van der Waals surface area contributed by atoms with Crippen molar-refractivity contribution in [1.29, 1.82) is 0 Å². The predicted octanol–water partition coefficient (Wildman–Crippen LogP) is 3.73. The van der Waals surface area contributed by atoms with Gasteiger partial charge in [0.15, 0.2) is 18.1 Å². The summed E-state index contributed by atoms with van der Waals surface area (Å²) < 4.78 is 24.3. The highest BCUT2D eigenvalue weighted by Crippen LogP contribution is 2.30. The number of piperidine rings is 1. The van der Waals surface area contributed by atoms with Crippen LogP contribution < -0.4 is 29.6 Å². The van der Waals surface area contributed by atoms with Crippen molar-refractivity contribution in [3.63, 3.8) is 0 Å². The van der Waals surface area contributed by atoms with Crippen molar-refractivity contribution in [3.8, 4) is 23.0 Å². The van der Waals surface area contributed by atoms with E-state index in [1.807, 2.05) is 30.3 Å². The van der Waals surface area contributed by atoms with E-state index in [-0.39, 0.29) is 37.3 Å². The first-order valence-corrected chi connectivity index (χ1v) is 15.6. The Hall–Kier alpha value is -4.84. The SMILES string of the molecule is COc1cc2ccc1CNC(=O)CCc1ccc(OC)c(c1)OCC(=O)N[C@@H]1CN(C(=O)c3ccc4ncsc4c3)CC[C@@H]1O2. The number of carbonyl (C=O) groups is 3. The molecular weight excluding hydrogens is 596 g/mol. The van der Waals surface area contributed by atoms with Crippen LogP contribution in [0.2, 0.25) is 0 Å². The molecule has 0 aliphatic carbocycles. The van der Waals surface area contributed by atoms with Crippen LogP contribution in [0.25, 0.3) is 10.2 Å². The lowest BCUT2D eigenvalue weighted by Crippen LogP contribution is -2.58. The molecule has 11 nitrogen and oxygen atoms in total. The van der Waals surface area contributed by atoms with Gasteiger partial charge in [-0.1, -0.05) is 6.07 Å². The molecule has 3 aliphatic rings. The first-order chi connectivity index (χ1) is 21.9. The molecule has 3 aliphatic heterocycles. The molecule has 234 valence electrons. The molecule has 4 heterocycles. The molecule has 3 aromatic carbocycles. The zero-order valence-corrected chi connectivity index (χ0v) is 25.9. The fourth-order valence-electron chi connectivity index (χ4n) is 5.61. The van der Waals surface area contributed by atoms with Gasteiger partial charge in [0.2, 0.25) is 5.91 Å². The molecule has 45 heavy (non-hydrogen) atoms. The quantitative estimate of drug-likeness (QED) is 0.351. The van der Waals surface area contributed by atoms with Crippen LogP contribution in [-0.2, 0) is 22.6 Å². The van der Waals surface area contributed by atoms with Crippen molar-refractivity contribution >= 4 is 39.3 Å². The average Bonchev–Trinajstić information content (AvgIpc) is 3.54. The fraction of sp³-hybridized carbons (Fsp3) is 0.333. The second kappa shape index (κ2) is 13.4. The lowest BCUT2D eigenvalue weighted by atomic mass is 10.0. The van der Waals surface area contributed by atoms with Gasteiger partial charge in [-0.05, 0) is 54.4 Å². The van der Waals surface area contributed by atoms with Gasteiger partial charge >= 0.3 is 0 Å². The van der Waals surface area contributed by atoms with E-state index in [1.54, 1.807) is 41.8 Å². The smallest absolute Gasteiger partial charge is 0.258 e. The first kappa shape index (κ1) is 30.2. The number of likely N-dealkylation sites (tertiary alicyclic amines) is 1. The molecule has 1 aromatic heterocycles. The average molecular weight is 631 g/mol. The maximum absolute atomic E-state index is 13.6. The Labute approximate surface area is 264 Å². The highest BCUT2D eigenvalue weighted by molar-refractivity contribution is 7.16. The standard InChI is InChI=1S/C33H34N4O7S/c1-41-27-9-3-20-4-10-31(38)34-16-22-5-7-23(15-28(22)42-2)44-26-11-12-37(17-25(26)36-32(39)18-43-29(27)13-20)33(40)21-6-8-24-30(14-21)45-19-35-24/h3,5-9,13-15,19,25-26H,4,10-12,16-18H2,1-2H3,(H,34,38)(H,36,39)/t25-,26+/m1/s1. The van der Waals surface area contributed by atoms with Gasteiger partial charge in [0.25, 0.3) is 11.8 Å². The minimum Gasteiger partial charge on any atom is -0.496 e. The maximum atomic E-state index is 13.6. The summed E-state index contributed by atoms with van der Waals surface area (Å²) in [6, 6.07) is 15.8. The second-order valence-electron chi connectivity index (χ2n) is 10.9. The molecule has 1 fully saturated rings. The van der Waals surface area contributed by atoms with Crippen LogP contribution in [-0.4, -0.2) is 73.7 Å². The molecular formula is C33H34N4O7S. The number of thiazole rings is 1. The predicted molar refractivity (Wildman–Crippen MR) is 168 cm³/mol. The first-order valence-electron chi connectivity index (χ1n) is 14.7. The molecule has 0 spiro atoms. The van der Waals surface area contributed by atoms with Crippen molar-refractivity contribution in [1.82, 2.24) is 20.5 Å². The Balaban J connectivity index is 1.27. The van der Waals surface area contributed by atoms with Crippen molar-refractivity contribution in [2.75, 3.05) is 33.9 Å². The van der Waals surface area contributed by atoms with E-state index in [2.05, 4.69) is 15.6 Å². The third-order valence-electron chi connectivity index (χ3n) is 8.01. The highest BCUT2D eigenvalue weighted by atomic mass is 32.1. The summed E-state index contributed by atoms with van der Waals surface area (Å²) in [5, 5.41) is 6.00. The zero-order chi connectivity index (χ0) is 31.3. The summed E-state index contributed by atoms with van der Waals surface area (Å²) in [5.74, 6) is 1.40. The number of hydrogen-bond donors (Lipinski definition) is 2. The summed E-state index contributed by atoms with van der Waals surface area (Å²) in [6.45, 7) is 0.710. The van der Waals surface area contributed by atoms with Gasteiger partial charge in [-0.2, -0.15) is 0 Å². The molecule has 0 unspecified atom stereocenters. The van der Waals surface area contributed by atoms with Crippen LogP contribution in [0.4, 0.5) is 0 Å². The van der Waals surface area contributed by atoms with Crippen LogP contribution in [0.3, 0.4) is 0 Å². The number of ether oxygens (including phenoxy) is 4. The van der Waals surface area contributed by atoms with Crippen molar-refractivity contribution in [3.05, 3.63) is 76.8 Å². The van der Waals surface area contributed by atoms with E-state index in [0.717, 1.165) is 21.3 Å². The molecule has 3 amide bonds. The van der Waals surface area contributed by atoms with Crippen molar-refractivity contribution < 1.29 is 33.3 Å². The van der Waals surface area contributed by atoms with E-state index < -0.39 is 12.1 Å². The number of hydrogen-bond acceptors (Lipinski definition) is 9. The van der Waals surface area contributed by atoms with E-state index in [4.69, 9.17) is 18.9 Å². The van der Waals surface area contributed by atoms with E-state index >= 15 is 0 Å². The van der Waals surface area contributed by atoms with Crippen LogP contribution >= 0.6 is 11.3 Å². The summed E-state index contributed by atoms with van der Waals surface area (Å²) in [4.78, 5) is 45.6. The van der Waals surface area contributed by atoms with Gasteiger partial charge in [0.1, 0.15) is 17.6 Å². The minimum absolute atomic E-state index is 0.107. The molecule has 12 heteroatoms. The topological polar surface area (TPSA) is 128 Å². The number of fused-ring (bicyclic) bond motifs is 10. The van der Waals surface area contributed by atoms with Crippen LogP contribution in [0.15, 0.2) is 60.1 Å². The second-order valence-corrected chi connectivity index (χ2v) is 11.8. The number of amides is 3. The highest BCUT2D eigenvalue weighted by Gasteiger charge is 2.35. The van der Waals surface area contributed by atoms with Gasteiger partial charge in [0, 0.05) is 49.7 Å². The fourth-order valence-corrected chi connectivity index (χ4v) is 6.32. The number of nitrogens with one attached hydrogen (secondary N) is 2. The Morgan fingerprint density at radius 3 is 2.71 bits per heavy atom. The number of aryl methyl sites for hydroxylation is 1. The van der Waals surface area contributed by atoms with Crippen LogP contribution in [0.5, 0.6) is 23.0 Å². The zero-order valence-electron chi connectivity index (χ0n) is 25.0. The van der Waals surface area contributed by atoms with E-state index in [1.165, 1.54) is 18.4 Å². The van der Waals surface area contributed by atoms with Gasteiger partial charge < -0.3 is 34.5 Å². The van der Waals surface area contributed by atoms with Crippen LogP contribution in [0.1, 0.15) is 34.3 Å². The summed E-state index contributed by atoms with van der Waals surface area (Å²) in [5.41, 5.74) is 4.84. The lowest BCUT2D eigenvalue weighted by Gasteiger charge is -2.39. The van der Waals surface area contributed by atoms with E-state index in [9.17, 15) is 14.4 Å². The monoisotopic (exact) mass is 630 g/mol. The number of rotatable bonds is 3. The summed E-state index contributed by atoms with van der Waals surface area (Å²) in [7, 11) is 3.09. The number of benzene rings is 3. The third kappa shape index (κ3) is 6.96. The van der Waals surface area contributed by atoms with Gasteiger partial charge in [-0.15, -0.1) is 11.3 Å². The molecule has 4 bridgehead atoms. The lowest BCUT2D eigenvalue weighted by molar-refractivity contribution is -0.125. The minimum atomic E-state index is -0.522. The van der Waals surface area contributed by atoms with Crippen molar-refractivity contribution in [2.24, 2.45) is 0 Å². The maximum Gasteiger partial charge on any atom is 0.258 e. The Morgan fingerprint density at radius 2 is 1.87 bits per heavy atom.